The van der Waals surface area contributed by atoms with Crippen LogP contribution in [0.1, 0.15) is 270 Å². The van der Waals surface area contributed by atoms with E-state index in [0.29, 0.717) is 64.6 Å². The molecule has 0 aromatic heterocycles. The van der Waals surface area contributed by atoms with Gasteiger partial charge in [0, 0.05) is 44.9 Å². The van der Waals surface area contributed by atoms with Crippen molar-refractivity contribution in [2.45, 2.75) is 299 Å². The minimum Gasteiger partial charge on any atom is -0.481 e. The zero-order valence-electron chi connectivity index (χ0n) is 50.6. The van der Waals surface area contributed by atoms with Gasteiger partial charge in [-0.3, -0.25) is 33.6 Å². The van der Waals surface area contributed by atoms with Gasteiger partial charge in [-0.15, -0.1) is 0 Å². The van der Waals surface area contributed by atoms with E-state index < -0.39 is 42.1 Å². The number of nitrogens with two attached hydrogens (primary N) is 3. The first-order valence-electron chi connectivity index (χ1n) is 29.5. The Bertz CT molecular complexity index is 1360. The van der Waals surface area contributed by atoms with Crippen LogP contribution < -0.4 is 43.8 Å². The van der Waals surface area contributed by atoms with E-state index in [0.717, 1.165) is 57.8 Å². The Balaban J connectivity index is -0.000000616. The number of carboxylic acid groups (broad SMARTS) is 2. The van der Waals surface area contributed by atoms with Crippen LogP contribution in [0.2, 0.25) is 0 Å². The Hall–Kier alpha value is -4.23. The molecular formula is C57H119FN8O10. The van der Waals surface area contributed by atoms with Gasteiger partial charge in [0.25, 0.3) is 6.54 Å². The van der Waals surface area contributed by atoms with E-state index in [-0.39, 0.29) is 61.3 Å². The number of hydrogen-bond donors (Lipinski definition) is 10. The minimum atomic E-state index is -1.17. The molecule has 0 aliphatic carbocycles. The van der Waals surface area contributed by atoms with Gasteiger partial charge in [0.15, 0.2) is 0 Å². The number of carbonyl (C=O) groups is 8. The van der Waals surface area contributed by atoms with E-state index in [2.05, 4.69) is 40.4 Å². The second-order valence-corrected chi connectivity index (χ2v) is 18.4. The molecule has 0 bridgehead atoms. The maximum atomic E-state index is 12.4. The molecular weight excluding hydrogens is 976 g/mol. The van der Waals surface area contributed by atoms with Crippen LogP contribution >= 0.6 is 0 Å². The fourth-order valence-corrected chi connectivity index (χ4v) is 6.78. The summed E-state index contributed by atoms with van der Waals surface area (Å²) in [6, 6.07) is -2.48. The van der Waals surface area contributed by atoms with Crippen LogP contribution in [-0.4, -0.2) is 108 Å². The predicted molar refractivity (Wildman–Crippen MR) is 312 cm³/mol. The molecule has 18 nitrogen and oxygen atoms in total. The standard InChI is InChI=1S/C45H86N8O9.C3H8.4C2H6.CHFO/c1-34(52-44(62)45(2,3)48)24-18-21-32-50-41(58)36(47)26-20-23-33-51-42(59)35(46)25-19-22-31-49-38(54)30-29-37(43(60)61)53-39(55)27-16-14-12-10-8-6-4-5-7-9-11-13-15-17-28-40(56)57;1-3-2;4*1-2;2-1-3/h34-37H,4-33,46-48H2,1-3H3,(H,49,54)(H,50,58)(H,51,59)(H,52,62)(H,53,55)(H,56,57)(H,60,61);3H2,1-2H3;4*1-2H3;1H/t34?,35-,36?,37?;;;;;;/m0....../s1. The number of rotatable bonds is 41. The molecule has 0 aliphatic heterocycles. The van der Waals surface area contributed by atoms with Crippen LogP contribution in [0.15, 0.2) is 0 Å². The van der Waals surface area contributed by atoms with Gasteiger partial charge in [-0.25, -0.2) is 4.79 Å². The van der Waals surface area contributed by atoms with Gasteiger partial charge in [-0.1, -0.05) is 153 Å². The first-order valence-corrected chi connectivity index (χ1v) is 29.5. The number of carbonyl (C=O) groups excluding carboxylic acids is 6. The molecule has 0 aliphatic rings. The van der Waals surface area contributed by atoms with Crippen LogP contribution in [0, 0.1) is 0 Å². The zero-order chi connectivity index (χ0) is 60.0. The Morgan fingerprint density at radius 2 is 0.829 bits per heavy atom. The van der Waals surface area contributed by atoms with Crippen LogP contribution in [-0.2, 0) is 38.4 Å². The molecule has 19 heteroatoms. The fraction of sp³-hybridized carbons (Fsp3) is 0.860. The van der Waals surface area contributed by atoms with Gasteiger partial charge in [0.05, 0.1) is 17.6 Å². The second-order valence-electron chi connectivity index (χ2n) is 18.4. The van der Waals surface area contributed by atoms with Crippen molar-refractivity contribution < 1.29 is 53.0 Å². The number of hydrogen-bond acceptors (Lipinski definition) is 11. The third-order valence-corrected chi connectivity index (χ3v) is 10.8. The molecule has 0 aromatic carbocycles. The van der Waals surface area contributed by atoms with E-state index in [9.17, 15) is 43.1 Å². The fourth-order valence-electron chi connectivity index (χ4n) is 6.78. The largest absolute Gasteiger partial charge is 0.481 e. The van der Waals surface area contributed by atoms with Crippen molar-refractivity contribution in [3.8, 4) is 0 Å². The summed E-state index contributed by atoms with van der Waals surface area (Å²) in [6.07, 6.45) is 22.6. The van der Waals surface area contributed by atoms with E-state index in [4.69, 9.17) is 27.1 Å². The van der Waals surface area contributed by atoms with Crippen LogP contribution in [0.3, 0.4) is 0 Å². The highest BCUT2D eigenvalue weighted by Crippen LogP contribution is 2.14. The lowest BCUT2D eigenvalue weighted by Crippen LogP contribution is -2.51. The van der Waals surface area contributed by atoms with Crippen LogP contribution in [0.4, 0.5) is 4.39 Å². The van der Waals surface area contributed by atoms with Crippen molar-refractivity contribution in [2.24, 2.45) is 17.2 Å². The third kappa shape index (κ3) is 67.8. The van der Waals surface area contributed by atoms with Crippen molar-refractivity contribution in [2.75, 3.05) is 19.6 Å². The lowest BCUT2D eigenvalue weighted by Gasteiger charge is -2.21. The first-order chi connectivity index (χ1) is 36.3. The van der Waals surface area contributed by atoms with Gasteiger partial charge in [0.1, 0.15) is 6.04 Å². The summed E-state index contributed by atoms with van der Waals surface area (Å²) < 4.78 is 9.61. The zero-order valence-corrected chi connectivity index (χ0v) is 50.6. The van der Waals surface area contributed by atoms with Gasteiger partial charge in [-0.2, -0.15) is 4.39 Å². The molecule has 454 valence electrons. The highest BCUT2D eigenvalue weighted by molar-refractivity contribution is 5.85. The molecule has 0 spiro atoms. The predicted octanol–water partition coefficient (Wildman–Crippen LogP) is 10.1. The summed E-state index contributed by atoms with van der Waals surface area (Å²) in [4.78, 5) is 91.7. The monoisotopic (exact) mass is 1090 g/mol. The molecule has 0 heterocycles. The van der Waals surface area contributed by atoms with Crippen molar-refractivity contribution >= 4 is 48.0 Å². The molecule has 5 amide bonds. The quantitative estimate of drug-likeness (QED) is 0.0155. The number of nitrogens with one attached hydrogen (secondary N) is 5. The lowest BCUT2D eigenvalue weighted by molar-refractivity contribution is -0.142. The lowest BCUT2D eigenvalue weighted by atomic mass is 10.0. The Kier molecular flexibility index (Phi) is 75.4. The summed E-state index contributed by atoms with van der Waals surface area (Å²) in [5.74, 6) is -3.21. The SMILES string of the molecule is CC.CC.CC.CC.CC(CCCCNC(=O)C(N)CCCCNC(=O)[C@@H](N)CCCCNC(=O)CCC(NC(=O)CCCCCCCCCCCCCCCCC(=O)O)C(=O)O)NC(=O)C(C)(C)N.CCC.O=CF. The molecule has 0 fully saturated rings. The van der Waals surface area contributed by atoms with E-state index in [1.54, 1.807) is 13.8 Å². The number of amides is 5. The molecule has 3 unspecified atom stereocenters. The number of halogens is 1. The number of unbranched alkanes of at least 4 members (excludes halogenated alkanes) is 16. The average molecular weight is 1100 g/mol. The maximum Gasteiger partial charge on any atom is 0.326 e. The van der Waals surface area contributed by atoms with E-state index in [1.807, 2.05) is 62.3 Å². The number of carboxylic acids is 2. The third-order valence-electron chi connectivity index (χ3n) is 10.8. The van der Waals surface area contributed by atoms with Crippen LogP contribution in [0.5, 0.6) is 0 Å². The van der Waals surface area contributed by atoms with E-state index in [1.165, 1.54) is 51.4 Å². The van der Waals surface area contributed by atoms with Crippen molar-refractivity contribution in [1.82, 2.24) is 26.6 Å². The van der Waals surface area contributed by atoms with Gasteiger partial charge < -0.3 is 54.0 Å². The molecule has 4 atom stereocenters. The maximum absolute atomic E-state index is 12.4. The van der Waals surface area contributed by atoms with Crippen LogP contribution in [0.25, 0.3) is 0 Å². The topological polar surface area (TPSA) is 315 Å². The van der Waals surface area contributed by atoms with E-state index >= 15 is 0 Å². The minimum absolute atomic E-state index is 0.0113. The highest BCUT2D eigenvalue weighted by Gasteiger charge is 2.23. The summed E-state index contributed by atoms with van der Waals surface area (Å²) in [7, 11) is 0. The van der Waals surface area contributed by atoms with Gasteiger partial charge >= 0.3 is 11.9 Å². The molecule has 0 radical (unpaired) electrons. The molecule has 0 aromatic rings. The van der Waals surface area contributed by atoms with Crippen molar-refractivity contribution in [1.29, 1.82) is 0 Å². The summed E-state index contributed by atoms with van der Waals surface area (Å²) >= 11 is 0. The van der Waals surface area contributed by atoms with Crippen molar-refractivity contribution in [3.05, 3.63) is 0 Å². The highest BCUT2D eigenvalue weighted by atomic mass is 19.1. The van der Waals surface area contributed by atoms with Gasteiger partial charge in [-0.05, 0) is 97.8 Å². The molecule has 0 saturated heterocycles. The summed E-state index contributed by atoms with van der Waals surface area (Å²) in [6.45, 7) is 26.0. The summed E-state index contributed by atoms with van der Waals surface area (Å²) in [5.41, 5.74) is 16.9. The summed E-state index contributed by atoms with van der Waals surface area (Å²) in [5, 5.41) is 32.1. The first kappa shape index (κ1) is 85.7. The smallest absolute Gasteiger partial charge is 0.326 e. The van der Waals surface area contributed by atoms with Crippen molar-refractivity contribution in [3.63, 3.8) is 0 Å². The molecule has 76 heavy (non-hydrogen) atoms. The Labute approximate surface area is 462 Å². The molecule has 0 saturated carbocycles. The average Bonchev–Trinajstić information content (AvgIpc) is 3.39. The Morgan fingerprint density at radius 3 is 1.17 bits per heavy atom. The van der Waals surface area contributed by atoms with Gasteiger partial charge in [0.2, 0.25) is 29.5 Å². The second kappa shape index (κ2) is 66.9. The molecule has 13 N–H and O–H groups in total. The number of aliphatic carboxylic acids is 2. The normalized spacial score (nSPS) is 11.6. The molecule has 0 rings (SSSR count). The Morgan fingerprint density at radius 1 is 0.500 bits per heavy atom.